The number of methoxy groups -OCH3 is 1. The van der Waals surface area contributed by atoms with Crippen molar-refractivity contribution < 1.29 is 18.8 Å². The van der Waals surface area contributed by atoms with Gasteiger partial charge in [-0.1, -0.05) is 5.16 Å². The molecule has 2 amide bonds. The highest BCUT2D eigenvalue weighted by atomic mass is 16.5. The highest BCUT2D eigenvalue weighted by Gasteiger charge is 2.14. The molecule has 7 nitrogen and oxygen atoms in total. The molecule has 1 heterocycles. The number of hydrogen-bond donors (Lipinski definition) is 1. The Morgan fingerprint density at radius 2 is 1.96 bits per heavy atom. The highest BCUT2D eigenvalue weighted by Crippen LogP contribution is 2.22. The average molecular weight is 317 g/mol. The molecule has 0 saturated heterocycles. The zero-order chi connectivity index (χ0) is 16.8. The standard InChI is InChI=1S/C16H19N3O4/c1-19(2)15(20)8-9-17-16(21)13-10-14(23-18-13)11-4-6-12(22-3)7-5-11/h4-7,10H,8-9H2,1-3H3,(H,17,21). The van der Waals surface area contributed by atoms with Gasteiger partial charge in [-0.2, -0.15) is 0 Å². The van der Waals surface area contributed by atoms with Crippen LogP contribution >= 0.6 is 0 Å². The summed E-state index contributed by atoms with van der Waals surface area (Å²) < 4.78 is 10.3. The number of rotatable bonds is 6. The summed E-state index contributed by atoms with van der Waals surface area (Å²) in [7, 11) is 4.93. The van der Waals surface area contributed by atoms with Crippen molar-refractivity contribution in [1.29, 1.82) is 0 Å². The molecule has 0 aliphatic rings. The number of nitrogens with zero attached hydrogens (tertiary/aromatic N) is 2. The van der Waals surface area contributed by atoms with Gasteiger partial charge in [0.05, 0.1) is 7.11 Å². The van der Waals surface area contributed by atoms with Gasteiger partial charge in [0.1, 0.15) is 5.75 Å². The van der Waals surface area contributed by atoms with E-state index < -0.39 is 0 Å². The molecular formula is C16H19N3O4. The normalized spacial score (nSPS) is 10.2. The number of hydrogen-bond acceptors (Lipinski definition) is 5. The predicted octanol–water partition coefficient (Wildman–Crippen LogP) is 1.56. The number of aromatic nitrogens is 1. The van der Waals surface area contributed by atoms with Gasteiger partial charge in [0, 0.05) is 38.7 Å². The van der Waals surface area contributed by atoms with Crippen LogP contribution in [-0.4, -0.2) is 49.6 Å². The van der Waals surface area contributed by atoms with E-state index in [0.29, 0.717) is 5.76 Å². The van der Waals surface area contributed by atoms with Crippen LogP contribution in [0.25, 0.3) is 11.3 Å². The Bertz CT molecular complexity index is 677. The predicted molar refractivity (Wildman–Crippen MR) is 84.1 cm³/mol. The average Bonchev–Trinajstić information content (AvgIpc) is 3.04. The maximum absolute atomic E-state index is 12.0. The van der Waals surface area contributed by atoms with Crippen LogP contribution < -0.4 is 10.1 Å². The first-order valence-electron chi connectivity index (χ1n) is 7.10. The molecule has 0 aliphatic heterocycles. The molecule has 0 fully saturated rings. The molecule has 122 valence electrons. The van der Waals surface area contributed by atoms with Gasteiger partial charge in [-0.05, 0) is 24.3 Å². The summed E-state index contributed by atoms with van der Waals surface area (Å²) in [5.41, 5.74) is 0.966. The molecule has 2 rings (SSSR count). The molecule has 1 aromatic heterocycles. The van der Waals surface area contributed by atoms with E-state index in [9.17, 15) is 9.59 Å². The van der Waals surface area contributed by atoms with E-state index in [2.05, 4.69) is 10.5 Å². The van der Waals surface area contributed by atoms with Crippen molar-refractivity contribution >= 4 is 11.8 Å². The smallest absolute Gasteiger partial charge is 0.273 e. The second kappa shape index (κ2) is 7.44. The Morgan fingerprint density at radius 3 is 2.57 bits per heavy atom. The summed E-state index contributed by atoms with van der Waals surface area (Å²) in [5, 5.41) is 6.39. The minimum atomic E-state index is -0.375. The molecule has 2 aromatic rings. The van der Waals surface area contributed by atoms with Gasteiger partial charge in [0.15, 0.2) is 11.5 Å². The lowest BCUT2D eigenvalue weighted by Crippen LogP contribution is -2.30. The van der Waals surface area contributed by atoms with Crippen LogP contribution in [0.15, 0.2) is 34.9 Å². The molecule has 7 heteroatoms. The van der Waals surface area contributed by atoms with Crippen LogP contribution in [0.1, 0.15) is 16.9 Å². The lowest BCUT2D eigenvalue weighted by atomic mass is 10.1. The second-order valence-corrected chi connectivity index (χ2v) is 5.10. The third kappa shape index (κ3) is 4.32. The van der Waals surface area contributed by atoms with Gasteiger partial charge in [0.2, 0.25) is 5.91 Å². The molecular weight excluding hydrogens is 298 g/mol. The van der Waals surface area contributed by atoms with E-state index in [1.165, 1.54) is 4.90 Å². The van der Waals surface area contributed by atoms with Crippen LogP contribution in [0.2, 0.25) is 0 Å². The molecule has 1 aromatic carbocycles. The van der Waals surface area contributed by atoms with Gasteiger partial charge in [-0.15, -0.1) is 0 Å². The molecule has 0 bridgehead atoms. The van der Waals surface area contributed by atoms with E-state index in [-0.39, 0.29) is 30.5 Å². The molecule has 0 radical (unpaired) electrons. The van der Waals surface area contributed by atoms with Crippen LogP contribution in [0, 0.1) is 0 Å². The minimum Gasteiger partial charge on any atom is -0.497 e. The Labute approximate surface area is 134 Å². The van der Waals surface area contributed by atoms with Gasteiger partial charge >= 0.3 is 0 Å². The molecule has 0 spiro atoms. The number of ether oxygens (including phenoxy) is 1. The van der Waals surface area contributed by atoms with E-state index in [0.717, 1.165) is 11.3 Å². The first-order valence-corrected chi connectivity index (χ1v) is 7.10. The zero-order valence-corrected chi connectivity index (χ0v) is 13.3. The number of benzene rings is 1. The molecule has 23 heavy (non-hydrogen) atoms. The summed E-state index contributed by atoms with van der Waals surface area (Å²) >= 11 is 0. The minimum absolute atomic E-state index is 0.0515. The van der Waals surface area contributed by atoms with E-state index in [1.807, 2.05) is 12.1 Å². The Balaban J connectivity index is 1.95. The number of carbonyl (C=O) groups is 2. The summed E-state index contributed by atoms with van der Waals surface area (Å²) in [6.45, 7) is 0.251. The third-order valence-electron chi connectivity index (χ3n) is 3.24. The van der Waals surface area contributed by atoms with Crippen molar-refractivity contribution in [3.63, 3.8) is 0 Å². The van der Waals surface area contributed by atoms with Crippen LogP contribution in [0.5, 0.6) is 5.75 Å². The van der Waals surface area contributed by atoms with E-state index >= 15 is 0 Å². The summed E-state index contributed by atoms with van der Waals surface area (Å²) in [6, 6.07) is 8.79. The molecule has 1 N–H and O–H groups in total. The van der Waals surface area contributed by atoms with Gasteiger partial charge in [0.25, 0.3) is 5.91 Å². The topological polar surface area (TPSA) is 84.7 Å². The van der Waals surface area contributed by atoms with Crippen molar-refractivity contribution in [3.8, 4) is 17.1 Å². The SMILES string of the molecule is COc1ccc(-c2cc(C(=O)NCCC(=O)N(C)C)no2)cc1. The van der Waals surface area contributed by atoms with Gasteiger partial charge in [-0.25, -0.2) is 0 Å². The summed E-state index contributed by atoms with van der Waals surface area (Å²) in [6.07, 6.45) is 0.238. The highest BCUT2D eigenvalue weighted by molar-refractivity contribution is 5.93. The van der Waals surface area contributed by atoms with Crippen molar-refractivity contribution in [2.45, 2.75) is 6.42 Å². The maximum Gasteiger partial charge on any atom is 0.273 e. The van der Waals surface area contributed by atoms with Crippen LogP contribution in [0.4, 0.5) is 0 Å². The largest absolute Gasteiger partial charge is 0.497 e. The molecule has 0 saturated carbocycles. The quantitative estimate of drug-likeness (QED) is 0.874. The molecule has 0 atom stereocenters. The Morgan fingerprint density at radius 1 is 1.26 bits per heavy atom. The second-order valence-electron chi connectivity index (χ2n) is 5.10. The maximum atomic E-state index is 12.0. The van der Waals surface area contributed by atoms with Gasteiger partial charge in [-0.3, -0.25) is 9.59 Å². The summed E-state index contributed by atoms with van der Waals surface area (Å²) in [5.74, 6) is 0.795. The Kier molecular flexibility index (Phi) is 5.35. The number of amides is 2. The van der Waals surface area contributed by atoms with Crippen LogP contribution in [-0.2, 0) is 4.79 Å². The third-order valence-corrected chi connectivity index (χ3v) is 3.24. The number of nitrogens with one attached hydrogen (secondary N) is 1. The monoisotopic (exact) mass is 317 g/mol. The van der Waals surface area contributed by atoms with Crippen molar-refractivity contribution in [2.24, 2.45) is 0 Å². The van der Waals surface area contributed by atoms with Crippen molar-refractivity contribution in [1.82, 2.24) is 15.4 Å². The first kappa shape index (κ1) is 16.5. The van der Waals surface area contributed by atoms with Crippen molar-refractivity contribution in [2.75, 3.05) is 27.7 Å². The molecule has 0 aliphatic carbocycles. The fourth-order valence-corrected chi connectivity index (χ4v) is 1.87. The fraction of sp³-hybridized carbons (Fsp3) is 0.312. The molecule has 0 unspecified atom stereocenters. The lowest BCUT2D eigenvalue weighted by molar-refractivity contribution is -0.128. The number of carbonyl (C=O) groups excluding carboxylic acids is 2. The van der Waals surface area contributed by atoms with Crippen LogP contribution in [0.3, 0.4) is 0 Å². The lowest BCUT2D eigenvalue weighted by Gasteiger charge is -2.09. The zero-order valence-electron chi connectivity index (χ0n) is 13.3. The fourth-order valence-electron chi connectivity index (χ4n) is 1.87. The van der Waals surface area contributed by atoms with E-state index in [4.69, 9.17) is 9.26 Å². The Hall–Kier alpha value is -2.83. The van der Waals surface area contributed by atoms with Gasteiger partial charge < -0.3 is 19.5 Å². The van der Waals surface area contributed by atoms with Crippen molar-refractivity contribution in [3.05, 3.63) is 36.0 Å². The summed E-state index contributed by atoms with van der Waals surface area (Å²) in [4.78, 5) is 24.9. The first-order chi connectivity index (χ1) is 11.0. The van der Waals surface area contributed by atoms with E-state index in [1.54, 1.807) is 39.4 Å².